The molecule has 25 heavy (non-hydrogen) atoms. The molecule has 1 heterocycles. The van der Waals surface area contributed by atoms with Crippen LogP contribution < -0.4 is 5.32 Å². The molecule has 2 aliphatic carbocycles. The predicted octanol–water partition coefficient (Wildman–Crippen LogP) is 4.11. The second-order valence-electron chi connectivity index (χ2n) is 7.59. The summed E-state index contributed by atoms with van der Waals surface area (Å²) in [6.45, 7) is 4.22. The molecule has 1 amide bonds. The molecule has 1 fully saturated rings. The highest BCUT2D eigenvalue weighted by Gasteiger charge is 2.25. The zero-order valence-corrected chi connectivity index (χ0v) is 16.1. The van der Waals surface area contributed by atoms with Crippen molar-refractivity contribution in [2.45, 2.75) is 71.3 Å². The van der Waals surface area contributed by atoms with E-state index in [4.69, 9.17) is 4.74 Å². The summed E-state index contributed by atoms with van der Waals surface area (Å²) in [5.41, 5.74) is 1.30. The molecule has 2 aliphatic rings. The molecule has 0 unspecified atom stereocenters. The lowest BCUT2D eigenvalue weighted by Crippen LogP contribution is -2.42. The van der Waals surface area contributed by atoms with Gasteiger partial charge in [-0.05, 0) is 55.6 Å². The van der Waals surface area contributed by atoms with Gasteiger partial charge in [-0.2, -0.15) is 0 Å². The molecule has 1 aromatic rings. The van der Waals surface area contributed by atoms with Gasteiger partial charge in [0.15, 0.2) is 6.61 Å². The van der Waals surface area contributed by atoms with Crippen LogP contribution in [0.5, 0.6) is 0 Å². The van der Waals surface area contributed by atoms with Gasteiger partial charge in [-0.3, -0.25) is 4.79 Å². The number of esters is 1. The van der Waals surface area contributed by atoms with E-state index in [9.17, 15) is 9.59 Å². The Hall–Kier alpha value is -1.36. The number of nitrogens with one attached hydrogen (secondary N) is 1. The van der Waals surface area contributed by atoms with Crippen LogP contribution in [0, 0.1) is 11.8 Å². The maximum absolute atomic E-state index is 12.3. The molecule has 1 N–H and O–H groups in total. The minimum atomic E-state index is -0.362. The van der Waals surface area contributed by atoms with E-state index < -0.39 is 0 Å². The predicted molar refractivity (Wildman–Crippen MR) is 100.0 cm³/mol. The Bertz CT molecular complexity index is 624. The summed E-state index contributed by atoms with van der Waals surface area (Å²) >= 11 is 1.54. The number of amides is 1. The summed E-state index contributed by atoms with van der Waals surface area (Å²) in [7, 11) is 0. The lowest BCUT2D eigenvalue weighted by molar-refractivity contribution is -0.125. The lowest BCUT2D eigenvalue weighted by atomic mass is 9.86. The summed E-state index contributed by atoms with van der Waals surface area (Å²) < 4.78 is 5.26. The fourth-order valence-corrected chi connectivity index (χ4v) is 5.13. The standard InChI is InChI=1S/C20H29NO3S/c1-3-14-8-9-17-15(10-14)11-18(25-17)20(23)24-12-19(22)21-16-7-5-4-6-13(16)2/h11,13-14,16H,3-10,12H2,1-2H3,(H,21,22)/t13-,14+,16+/m0/s1. The highest BCUT2D eigenvalue weighted by Crippen LogP contribution is 2.33. The first kappa shape index (κ1) is 18.4. The number of aryl methyl sites for hydroxylation is 1. The Balaban J connectivity index is 1.49. The fourth-order valence-electron chi connectivity index (χ4n) is 4.03. The number of ether oxygens (including phenoxy) is 1. The number of rotatable bonds is 5. The summed E-state index contributed by atoms with van der Waals surface area (Å²) in [5.74, 6) is 0.692. The first-order valence-electron chi connectivity index (χ1n) is 9.65. The number of hydrogen-bond donors (Lipinski definition) is 1. The van der Waals surface area contributed by atoms with Crippen molar-refractivity contribution in [3.8, 4) is 0 Å². The molecule has 0 aliphatic heterocycles. The first-order chi connectivity index (χ1) is 12.1. The molecule has 4 nitrogen and oxygen atoms in total. The topological polar surface area (TPSA) is 55.4 Å². The second kappa shape index (κ2) is 8.35. The van der Waals surface area contributed by atoms with E-state index in [2.05, 4.69) is 19.2 Å². The molecule has 0 saturated heterocycles. The van der Waals surface area contributed by atoms with E-state index in [1.807, 2.05) is 6.07 Å². The third-order valence-electron chi connectivity index (χ3n) is 5.76. The van der Waals surface area contributed by atoms with E-state index in [0.29, 0.717) is 10.8 Å². The minimum absolute atomic E-state index is 0.178. The van der Waals surface area contributed by atoms with Crippen LogP contribution in [-0.4, -0.2) is 24.5 Å². The van der Waals surface area contributed by atoms with Crippen molar-refractivity contribution < 1.29 is 14.3 Å². The third-order valence-corrected chi connectivity index (χ3v) is 6.97. The second-order valence-corrected chi connectivity index (χ2v) is 8.72. The third kappa shape index (κ3) is 4.63. The van der Waals surface area contributed by atoms with Crippen molar-refractivity contribution >= 4 is 23.2 Å². The summed E-state index contributed by atoms with van der Waals surface area (Å²) in [6.07, 6.45) is 9.11. The van der Waals surface area contributed by atoms with Crippen molar-refractivity contribution in [2.24, 2.45) is 11.8 Å². The van der Waals surface area contributed by atoms with Gasteiger partial charge in [0, 0.05) is 10.9 Å². The normalized spacial score (nSPS) is 25.9. The van der Waals surface area contributed by atoms with Gasteiger partial charge in [0.1, 0.15) is 4.88 Å². The van der Waals surface area contributed by atoms with Crippen molar-refractivity contribution in [2.75, 3.05) is 6.61 Å². The molecule has 0 radical (unpaired) electrons. The molecule has 0 spiro atoms. The van der Waals surface area contributed by atoms with Gasteiger partial charge in [-0.1, -0.05) is 33.1 Å². The van der Waals surface area contributed by atoms with Crippen molar-refractivity contribution in [3.63, 3.8) is 0 Å². The summed E-state index contributed by atoms with van der Waals surface area (Å²) in [6, 6.07) is 2.20. The number of fused-ring (bicyclic) bond motifs is 1. The van der Waals surface area contributed by atoms with Crippen LogP contribution in [0.25, 0.3) is 0 Å². The number of hydrogen-bond acceptors (Lipinski definition) is 4. The smallest absolute Gasteiger partial charge is 0.348 e. The Morgan fingerprint density at radius 3 is 2.84 bits per heavy atom. The number of carbonyl (C=O) groups excluding carboxylic acids is 2. The zero-order chi connectivity index (χ0) is 17.8. The van der Waals surface area contributed by atoms with Crippen LogP contribution in [0.3, 0.4) is 0 Å². The maximum Gasteiger partial charge on any atom is 0.348 e. The average Bonchev–Trinajstić information content (AvgIpc) is 3.04. The van der Waals surface area contributed by atoms with Crippen molar-refractivity contribution in [1.82, 2.24) is 5.32 Å². The van der Waals surface area contributed by atoms with Crippen LogP contribution in [0.4, 0.5) is 0 Å². The van der Waals surface area contributed by atoms with Crippen LogP contribution in [0.2, 0.25) is 0 Å². The van der Waals surface area contributed by atoms with Crippen LogP contribution in [-0.2, 0) is 22.4 Å². The molecule has 0 bridgehead atoms. The molecule has 0 aromatic carbocycles. The summed E-state index contributed by atoms with van der Waals surface area (Å²) in [5, 5.41) is 3.03. The van der Waals surface area contributed by atoms with Gasteiger partial charge in [0.05, 0.1) is 0 Å². The highest BCUT2D eigenvalue weighted by atomic mass is 32.1. The SMILES string of the molecule is CC[C@@H]1CCc2sc(C(=O)OCC(=O)N[C@@H]3CCCC[C@@H]3C)cc2C1. The van der Waals surface area contributed by atoms with E-state index >= 15 is 0 Å². The molecule has 3 atom stereocenters. The summed E-state index contributed by atoms with van der Waals surface area (Å²) in [4.78, 5) is 26.3. The Labute approximate surface area is 154 Å². The Morgan fingerprint density at radius 1 is 1.28 bits per heavy atom. The van der Waals surface area contributed by atoms with Crippen molar-refractivity contribution in [3.05, 3.63) is 21.4 Å². The van der Waals surface area contributed by atoms with Gasteiger partial charge in [-0.15, -0.1) is 11.3 Å². The van der Waals surface area contributed by atoms with E-state index in [1.54, 1.807) is 0 Å². The van der Waals surface area contributed by atoms with E-state index in [1.165, 1.54) is 41.0 Å². The van der Waals surface area contributed by atoms with Gasteiger partial charge >= 0.3 is 5.97 Å². The minimum Gasteiger partial charge on any atom is -0.451 e. The quantitative estimate of drug-likeness (QED) is 0.801. The molecule has 138 valence electrons. The largest absolute Gasteiger partial charge is 0.451 e. The van der Waals surface area contributed by atoms with Crippen LogP contribution in [0.1, 0.15) is 72.5 Å². The highest BCUT2D eigenvalue weighted by molar-refractivity contribution is 7.14. The van der Waals surface area contributed by atoms with Gasteiger partial charge in [0.25, 0.3) is 5.91 Å². The number of thiophene rings is 1. The monoisotopic (exact) mass is 363 g/mol. The van der Waals surface area contributed by atoms with Gasteiger partial charge in [0.2, 0.25) is 0 Å². The van der Waals surface area contributed by atoms with Crippen LogP contribution in [0.15, 0.2) is 6.07 Å². The molecular formula is C20H29NO3S. The molecule has 1 aromatic heterocycles. The first-order valence-corrected chi connectivity index (χ1v) is 10.5. The van der Waals surface area contributed by atoms with E-state index in [0.717, 1.165) is 38.0 Å². The molecule has 1 saturated carbocycles. The van der Waals surface area contributed by atoms with Crippen molar-refractivity contribution in [1.29, 1.82) is 0 Å². The zero-order valence-electron chi connectivity index (χ0n) is 15.3. The lowest BCUT2D eigenvalue weighted by Gasteiger charge is -2.29. The fraction of sp³-hybridized carbons (Fsp3) is 0.700. The molecule has 5 heteroatoms. The molecular weight excluding hydrogens is 334 g/mol. The van der Waals surface area contributed by atoms with E-state index in [-0.39, 0.29) is 24.5 Å². The van der Waals surface area contributed by atoms with Gasteiger partial charge in [-0.25, -0.2) is 4.79 Å². The molecule has 3 rings (SSSR count). The number of carbonyl (C=O) groups is 2. The van der Waals surface area contributed by atoms with Crippen LogP contribution >= 0.6 is 11.3 Å². The Kier molecular flexibility index (Phi) is 6.15. The Morgan fingerprint density at radius 2 is 2.08 bits per heavy atom. The van der Waals surface area contributed by atoms with Gasteiger partial charge < -0.3 is 10.1 Å². The maximum atomic E-state index is 12.3. The average molecular weight is 364 g/mol.